The van der Waals surface area contributed by atoms with Crippen LogP contribution in [0.4, 0.5) is 13.2 Å². The second-order valence-corrected chi connectivity index (χ2v) is 6.08. The van der Waals surface area contributed by atoms with E-state index in [4.69, 9.17) is 4.74 Å². The van der Waals surface area contributed by atoms with Crippen molar-refractivity contribution < 1.29 is 32.2 Å². The number of hydrogen-bond donors (Lipinski definition) is 1. The van der Waals surface area contributed by atoms with Gasteiger partial charge in [-0.3, -0.25) is 4.79 Å². The molecule has 0 unspecified atom stereocenters. The lowest BCUT2D eigenvalue weighted by Crippen LogP contribution is -2.42. The molecule has 1 aromatic rings. The minimum absolute atomic E-state index is 0.0355. The molecule has 0 spiro atoms. The van der Waals surface area contributed by atoms with Crippen molar-refractivity contribution in [3.8, 4) is 5.75 Å². The maximum Gasteiger partial charge on any atom is 0.573 e. The van der Waals surface area contributed by atoms with Crippen LogP contribution < -0.4 is 10.1 Å². The lowest BCUT2D eigenvalue weighted by Gasteiger charge is -2.29. The van der Waals surface area contributed by atoms with Gasteiger partial charge in [0.2, 0.25) is 0 Å². The highest BCUT2D eigenvalue weighted by Crippen LogP contribution is 2.24. The average molecular weight is 359 g/mol. The van der Waals surface area contributed by atoms with E-state index in [1.165, 1.54) is 0 Å². The van der Waals surface area contributed by atoms with Crippen molar-refractivity contribution in [1.29, 1.82) is 0 Å². The van der Waals surface area contributed by atoms with Crippen molar-refractivity contribution in [2.45, 2.75) is 45.0 Å². The fourth-order valence-corrected chi connectivity index (χ4v) is 2.79. The zero-order valence-electron chi connectivity index (χ0n) is 13.8. The minimum atomic E-state index is -4.80. The molecule has 1 aliphatic rings. The summed E-state index contributed by atoms with van der Waals surface area (Å²) in [6.07, 6.45) is -0.632. The monoisotopic (exact) mass is 359 g/mol. The minimum Gasteiger partial charge on any atom is -0.452 e. The van der Waals surface area contributed by atoms with E-state index in [0.29, 0.717) is 5.92 Å². The van der Waals surface area contributed by atoms with Crippen LogP contribution in [0, 0.1) is 5.92 Å². The molecule has 2 rings (SSSR count). The Bertz CT molecular complexity index is 601. The number of esters is 1. The summed E-state index contributed by atoms with van der Waals surface area (Å²) in [5, 5.41) is 2.85. The third-order valence-corrected chi connectivity index (χ3v) is 4.12. The number of carbonyl (C=O) groups is 2. The van der Waals surface area contributed by atoms with Crippen LogP contribution >= 0.6 is 0 Å². The molecule has 25 heavy (non-hydrogen) atoms. The van der Waals surface area contributed by atoms with E-state index in [0.717, 1.165) is 49.9 Å². The zero-order valence-corrected chi connectivity index (χ0v) is 13.8. The van der Waals surface area contributed by atoms with Crippen molar-refractivity contribution >= 4 is 11.9 Å². The normalized spacial score (nSPS) is 20.6. The van der Waals surface area contributed by atoms with Crippen LogP contribution in [0.3, 0.4) is 0 Å². The summed E-state index contributed by atoms with van der Waals surface area (Å²) in [5.74, 6) is -1.22. The number of carbonyl (C=O) groups excluding carboxylic acids is 2. The molecule has 0 saturated heterocycles. The summed E-state index contributed by atoms with van der Waals surface area (Å²) in [5.41, 5.74) is 0.0355. The molecule has 1 amide bonds. The summed E-state index contributed by atoms with van der Waals surface area (Å²) in [4.78, 5) is 23.7. The van der Waals surface area contributed by atoms with E-state index in [-0.39, 0.29) is 17.5 Å². The maximum atomic E-state index is 12.1. The number of nitrogens with one attached hydrogen (secondary N) is 1. The van der Waals surface area contributed by atoms with Gasteiger partial charge in [-0.15, -0.1) is 13.2 Å². The Morgan fingerprint density at radius 1 is 1.16 bits per heavy atom. The molecule has 0 aromatic heterocycles. The van der Waals surface area contributed by atoms with E-state index < -0.39 is 24.7 Å². The first-order chi connectivity index (χ1) is 11.7. The van der Waals surface area contributed by atoms with Crippen LogP contribution in [0.25, 0.3) is 0 Å². The standard InChI is InChI=1S/C17H20F3NO4/c1-11-4-2-3-5-14(11)21-15(22)10-24-16(23)12-6-8-13(9-7-12)25-17(18,19)20/h6-9,11,14H,2-5,10H2,1H3,(H,21,22)/t11-,14-/m0/s1. The topological polar surface area (TPSA) is 64.6 Å². The van der Waals surface area contributed by atoms with Crippen LogP contribution in [0.1, 0.15) is 43.0 Å². The molecule has 0 aliphatic heterocycles. The molecule has 1 aromatic carbocycles. The van der Waals surface area contributed by atoms with Crippen molar-refractivity contribution in [2.75, 3.05) is 6.61 Å². The largest absolute Gasteiger partial charge is 0.573 e. The molecular weight excluding hydrogens is 339 g/mol. The SMILES string of the molecule is C[C@H]1CCCC[C@@H]1NC(=O)COC(=O)c1ccc(OC(F)(F)F)cc1. The Kier molecular flexibility index (Phi) is 6.27. The predicted molar refractivity (Wildman–Crippen MR) is 83.0 cm³/mol. The molecule has 0 radical (unpaired) electrons. The predicted octanol–water partition coefficient (Wildman–Crippen LogP) is 3.44. The number of ether oxygens (including phenoxy) is 2. The van der Waals surface area contributed by atoms with Crippen molar-refractivity contribution in [1.82, 2.24) is 5.32 Å². The highest BCUT2D eigenvalue weighted by Gasteiger charge is 2.31. The first-order valence-corrected chi connectivity index (χ1v) is 8.07. The van der Waals surface area contributed by atoms with Crippen molar-refractivity contribution in [3.63, 3.8) is 0 Å². The number of amides is 1. The summed E-state index contributed by atoms with van der Waals surface area (Å²) in [7, 11) is 0. The Balaban J connectivity index is 1.80. The molecule has 8 heteroatoms. The highest BCUT2D eigenvalue weighted by atomic mass is 19.4. The lowest BCUT2D eigenvalue weighted by atomic mass is 9.86. The van der Waals surface area contributed by atoms with Gasteiger partial charge in [-0.25, -0.2) is 4.79 Å². The van der Waals surface area contributed by atoms with E-state index in [1.54, 1.807) is 0 Å². The Morgan fingerprint density at radius 2 is 1.80 bits per heavy atom. The maximum absolute atomic E-state index is 12.1. The van der Waals surface area contributed by atoms with Crippen molar-refractivity contribution in [2.24, 2.45) is 5.92 Å². The summed E-state index contributed by atoms with van der Waals surface area (Å²) < 4.78 is 44.8. The van der Waals surface area contributed by atoms with Gasteiger partial charge in [-0.05, 0) is 43.0 Å². The summed E-state index contributed by atoms with van der Waals surface area (Å²) in [6.45, 7) is 1.64. The first-order valence-electron chi connectivity index (χ1n) is 8.07. The third-order valence-electron chi connectivity index (χ3n) is 4.12. The quantitative estimate of drug-likeness (QED) is 0.818. The van der Waals surface area contributed by atoms with Gasteiger partial charge in [0, 0.05) is 6.04 Å². The first kappa shape index (κ1) is 19.1. The van der Waals surface area contributed by atoms with E-state index in [1.807, 2.05) is 0 Å². The summed E-state index contributed by atoms with van der Waals surface area (Å²) >= 11 is 0. The van der Waals surface area contributed by atoms with Crippen LogP contribution in [-0.4, -0.2) is 30.9 Å². The molecule has 1 saturated carbocycles. The number of rotatable bonds is 5. The van der Waals surface area contributed by atoms with Crippen LogP contribution in [0.5, 0.6) is 5.75 Å². The fraction of sp³-hybridized carbons (Fsp3) is 0.529. The van der Waals surface area contributed by atoms with Gasteiger partial charge in [0.05, 0.1) is 5.56 Å². The van der Waals surface area contributed by atoms with E-state index in [9.17, 15) is 22.8 Å². The average Bonchev–Trinajstić information content (AvgIpc) is 2.54. The Labute approximate surface area is 143 Å². The Morgan fingerprint density at radius 3 is 2.40 bits per heavy atom. The van der Waals surface area contributed by atoms with Crippen LogP contribution in [-0.2, 0) is 9.53 Å². The molecule has 2 atom stereocenters. The molecule has 138 valence electrons. The molecule has 0 heterocycles. The van der Waals surface area contributed by atoms with E-state index >= 15 is 0 Å². The third kappa shape index (κ3) is 6.28. The smallest absolute Gasteiger partial charge is 0.452 e. The summed E-state index contributed by atoms with van der Waals surface area (Å²) in [6, 6.07) is 4.38. The van der Waals surface area contributed by atoms with Crippen LogP contribution in [0.15, 0.2) is 24.3 Å². The number of halogens is 3. The second-order valence-electron chi connectivity index (χ2n) is 6.08. The van der Waals surface area contributed by atoms with Gasteiger partial charge < -0.3 is 14.8 Å². The molecule has 0 bridgehead atoms. The second kappa shape index (κ2) is 8.22. The fourth-order valence-electron chi connectivity index (χ4n) is 2.79. The lowest BCUT2D eigenvalue weighted by molar-refractivity contribution is -0.274. The highest BCUT2D eigenvalue weighted by molar-refractivity contribution is 5.91. The molecular formula is C17H20F3NO4. The van der Waals surface area contributed by atoms with E-state index in [2.05, 4.69) is 17.0 Å². The molecule has 1 aliphatic carbocycles. The number of hydrogen-bond acceptors (Lipinski definition) is 4. The van der Waals surface area contributed by atoms with Gasteiger partial charge in [0.25, 0.3) is 5.91 Å². The number of alkyl halides is 3. The van der Waals surface area contributed by atoms with Crippen molar-refractivity contribution in [3.05, 3.63) is 29.8 Å². The van der Waals surface area contributed by atoms with Gasteiger partial charge in [0.15, 0.2) is 6.61 Å². The zero-order chi connectivity index (χ0) is 18.4. The van der Waals surface area contributed by atoms with Gasteiger partial charge >= 0.3 is 12.3 Å². The molecule has 1 N–H and O–H groups in total. The molecule has 1 fully saturated rings. The van der Waals surface area contributed by atoms with Crippen LogP contribution in [0.2, 0.25) is 0 Å². The molecule has 5 nitrogen and oxygen atoms in total. The van der Waals surface area contributed by atoms with Gasteiger partial charge in [0.1, 0.15) is 5.75 Å². The van der Waals surface area contributed by atoms with Gasteiger partial charge in [-0.2, -0.15) is 0 Å². The number of benzene rings is 1. The Hall–Kier alpha value is -2.25. The van der Waals surface area contributed by atoms with Gasteiger partial charge in [-0.1, -0.05) is 19.8 Å².